The molecule has 0 aromatic heterocycles. The summed E-state index contributed by atoms with van der Waals surface area (Å²) in [5.41, 5.74) is 1.17. The summed E-state index contributed by atoms with van der Waals surface area (Å²) in [5.74, 6) is 0.829. The lowest BCUT2D eigenvalue weighted by molar-refractivity contribution is 1.42. The van der Waals surface area contributed by atoms with Crippen molar-refractivity contribution in [2.45, 2.75) is 12.7 Å². The summed E-state index contributed by atoms with van der Waals surface area (Å²) in [4.78, 5) is 0. The Balaban J connectivity index is 2.57. The van der Waals surface area contributed by atoms with Crippen LogP contribution in [0.5, 0.6) is 0 Å². The predicted molar refractivity (Wildman–Crippen MR) is 56.1 cm³/mol. The molecule has 0 heterocycles. The van der Waals surface area contributed by atoms with Crippen molar-refractivity contribution in [1.82, 2.24) is 0 Å². The Bertz CT molecular complexity index is 286. The highest BCUT2D eigenvalue weighted by Gasteiger charge is 1.95. The normalized spacial score (nSPS) is 9.83. The molecule has 1 aromatic carbocycles. The van der Waals surface area contributed by atoms with E-state index in [9.17, 15) is 0 Å². The third kappa shape index (κ3) is 3.28. The molecular weight excluding hydrogens is 190 g/mol. The topological polar surface area (TPSA) is 23.9 Å². The molecule has 3 heteroatoms. The van der Waals surface area contributed by atoms with Crippen molar-refractivity contribution < 1.29 is 0 Å². The molecule has 1 rings (SSSR count). The van der Waals surface area contributed by atoms with Gasteiger partial charge in [0.1, 0.15) is 0 Å². The quantitative estimate of drug-likeness (QED) is 0.572. The largest absolute Gasteiger partial charge is 0.299 e. The first kappa shape index (κ1) is 9.62. The van der Waals surface area contributed by atoms with Gasteiger partial charge in [-0.05, 0) is 24.6 Å². The zero-order valence-electron chi connectivity index (χ0n) is 6.80. The highest BCUT2D eigenvalue weighted by Crippen LogP contribution is 2.16. The molecule has 1 aromatic rings. The summed E-state index contributed by atoms with van der Waals surface area (Å²) in [6, 6.07) is 7.73. The second kappa shape index (κ2) is 4.53. The maximum atomic E-state index is 7.23. The van der Waals surface area contributed by atoms with Crippen molar-refractivity contribution in [3.05, 3.63) is 34.9 Å². The van der Waals surface area contributed by atoms with E-state index < -0.39 is 0 Å². The Morgan fingerprint density at radius 1 is 1.58 bits per heavy atom. The van der Waals surface area contributed by atoms with E-state index in [1.165, 1.54) is 17.3 Å². The van der Waals surface area contributed by atoms with Gasteiger partial charge < -0.3 is 0 Å². The number of rotatable bonds is 2. The van der Waals surface area contributed by atoms with Gasteiger partial charge in [0.05, 0.1) is 5.04 Å². The molecule has 0 aliphatic rings. The lowest BCUT2D eigenvalue weighted by atomic mass is 10.2. The monoisotopic (exact) mass is 199 g/mol. The van der Waals surface area contributed by atoms with E-state index in [0.717, 1.165) is 10.8 Å². The SMILES string of the molecule is CC(=N)SCc1cccc(Cl)c1. The smallest absolute Gasteiger partial charge is 0.0613 e. The lowest BCUT2D eigenvalue weighted by Gasteiger charge is -1.99. The van der Waals surface area contributed by atoms with Crippen LogP contribution in [0.15, 0.2) is 24.3 Å². The maximum absolute atomic E-state index is 7.23. The van der Waals surface area contributed by atoms with Crippen molar-refractivity contribution in [3.8, 4) is 0 Å². The summed E-state index contributed by atoms with van der Waals surface area (Å²) in [5, 5.41) is 8.62. The van der Waals surface area contributed by atoms with Gasteiger partial charge in [-0.2, -0.15) is 0 Å². The standard InChI is InChI=1S/C9H10ClNS/c1-7(11)12-6-8-3-2-4-9(10)5-8/h2-5,11H,6H2,1H3. The number of halogens is 1. The van der Waals surface area contributed by atoms with E-state index in [2.05, 4.69) is 0 Å². The Morgan fingerprint density at radius 3 is 2.92 bits per heavy atom. The van der Waals surface area contributed by atoms with Crippen molar-refractivity contribution >= 4 is 28.4 Å². The molecule has 1 N–H and O–H groups in total. The van der Waals surface area contributed by atoms with Crippen LogP contribution in [0.25, 0.3) is 0 Å². The Hall–Kier alpha value is -0.470. The molecule has 0 bridgehead atoms. The van der Waals surface area contributed by atoms with Crippen LogP contribution in [0.2, 0.25) is 5.02 Å². The van der Waals surface area contributed by atoms with E-state index in [1.807, 2.05) is 24.3 Å². The third-order valence-electron chi connectivity index (χ3n) is 1.34. The van der Waals surface area contributed by atoms with Crippen LogP contribution >= 0.6 is 23.4 Å². The summed E-state index contributed by atoms with van der Waals surface area (Å²) >= 11 is 7.31. The third-order valence-corrected chi connectivity index (χ3v) is 2.49. The number of hydrogen-bond donors (Lipinski definition) is 1. The molecule has 0 unspecified atom stereocenters. The van der Waals surface area contributed by atoms with Gasteiger partial charge in [-0.25, -0.2) is 0 Å². The predicted octanol–water partition coefficient (Wildman–Crippen LogP) is 3.57. The zero-order valence-corrected chi connectivity index (χ0v) is 8.38. The van der Waals surface area contributed by atoms with Crippen LogP contribution in [0.1, 0.15) is 12.5 Å². The van der Waals surface area contributed by atoms with E-state index in [0.29, 0.717) is 5.04 Å². The number of benzene rings is 1. The Kier molecular flexibility index (Phi) is 3.63. The fraction of sp³-hybridized carbons (Fsp3) is 0.222. The minimum Gasteiger partial charge on any atom is -0.299 e. The summed E-state index contributed by atoms with van der Waals surface area (Å²) in [6.07, 6.45) is 0. The highest BCUT2D eigenvalue weighted by molar-refractivity contribution is 8.13. The van der Waals surface area contributed by atoms with Crippen LogP contribution in [-0.4, -0.2) is 5.04 Å². The fourth-order valence-corrected chi connectivity index (χ4v) is 1.59. The summed E-state index contributed by atoms with van der Waals surface area (Å²) in [6.45, 7) is 1.79. The number of thioether (sulfide) groups is 1. The highest BCUT2D eigenvalue weighted by atomic mass is 35.5. The van der Waals surface area contributed by atoms with Crippen LogP contribution < -0.4 is 0 Å². The second-order valence-corrected chi connectivity index (χ2v) is 4.10. The molecule has 0 atom stereocenters. The summed E-state index contributed by atoms with van der Waals surface area (Å²) in [7, 11) is 0. The molecule has 0 fully saturated rings. The average Bonchev–Trinajstić information content (AvgIpc) is 2.01. The number of hydrogen-bond acceptors (Lipinski definition) is 2. The molecule has 0 amide bonds. The van der Waals surface area contributed by atoms with Gasteiger partial charge in [-0.15, -0.1) is 11.8 Å². The Morgan fingerprint density at radius 2 is 2.33 bits per heavy atom. The van der Waals surface area contributed by atoms with Crippen molar-refractivity contribution in [3.63, 3.8) is 0 Å². The minimum atomic E-state index is 0.634. The van der Waals surface area contributed by atoms with Gasteiger partial charge in [0.15, 0.2) is 0 Å². The van der Waals surface area contributed by atoms with E-state index >= 15 is 0 Å². The minimum absolute atomic E-state index is 0.634. The lowest BCUT2D eigenvalue weighted by Crippen LogP contribution is -1.84. The molecule has 0 radical (unpaired) electrons. The van der Waals surface area contributed by atoms with Crippen molar-refractivity contribution in [2.24, 2.45) is 0 Å². The van der Waals surface area contributed by atoms with Gasteiger partial charge >= 0.3 is 0 Å². The molecule has 12 heavy (non-hydrogen) atoms. The van der Waals surface area contributed by atoms with Crippen LogP contribution in [0.3, 0.4) is 0 Å². The summed E-state index contributed by atoms with van der Waals surface area (Å²) < 4.78 is 0. The molecule has 0 aliphatic carbocycles. The Labute approximate surface area is 81.6 Å². The van der Waals surface area contributed by atoms with Gasteiger partial charge in [0.2, 0.25) is 0 Å². The molecule has 64 valence electrons. The molecule has 0 spiro atoms. The second-order valence-electron chi connectivity index (χ2n) is 2.47. The van der Waals surface area contributed by atoms with E-state index in [4.69, 9.17) is 17.0 Å². The van der Waals surface area contributed by atoms with Crippen molar-refractivity contribution in [1.29, 1.82) is 5.41 Å². The average molecular weight is 200 g/mol. The van der Waals surface area contributed by atoms with Gasteiger partial charge in [0.25, 0.3) is 0 Å². The molecule has 1 nitrogen and oxygen atoms in total. The van der Waals surface area contributed by atoms with Crippen LogP contribution in [0.4, 0.5) is 0 Å². The van der Waals surface area contributed by atoms with Gasteiger partial charge in [0, 0.05) is 10.8 Å². The first-order valence-electron chi connectivity index (χ1n) is 3.61. The van der Waals surface area contributed by atoms with Gasteiger partial charge in [-0.1, -0.05) is 23.7 Å². The van der Waals surface area contributed by atoms with Crippen LogP contribution in [-0.2, 0) is 5.75 Å². The molecule has 0 saturated heterocycles. The molecular formula is C9H10ClNS. The first-order chi connectivity index (χ1) is 5.68. The van der Waals surface area contributed by atoms with Gasteiger partial charge in [-0.3, -0.25) is 5.41 Å². The van der Waals surface area contributed by atoms with Crippen LogP contribution in [0, 0.1) is 5.41 Å². The molecule has 0 saturated carbocycles. The van der Waals surface area contributed by atoms with Crippen molar-refractivity contribution in [2.75, 3.05) is 0 Å². The first-order valence-corrected chi connectivity index (χ1v) is 4.97. The fourth-order valence-electron chi connectivity index (χ4n) is 0.818. The molecule has 0 aliphatic heterocycles. The zero-order chi connectivity index (χ0) is 8.97. The maximum Gasteiger partial charge on any atom is 0.0613 e. The van der Waals surface area contributed by atoms with E-state index in [-0.39, 0.29) is 0 Å². The number of nitrogens with one attached hydrogen (secondary N) is 1. The van der Waals surface area contributed by atoms with E-state index in [1.54, 1.807) is 6.92 Å².